The van der Waals surface area contributed by atoms with Crippen LogP contribution in [0.2, 0.25) is 0 Å². The molecule has 1 aromatic rings. The number of piperidine rings is 1. The largest absolute Gasteiger partial charge is 0.493 e. The van der Waals surface area contributed by atoms with E-state index in [2.05, 4.69) is 5.32 Å². The number of nitrogens with zero attached hydrogens (tertiary/aromatic N) is 1. The average Bonchev–Trinajstić information content (AvgIpc) is 2.62. The van der Waals surface area contributed by atoms with Crippen molar-refractivity contribution in [2.45, 2.75) is 45.1 Å². The normalized spacial score (nSPS) is 14.9. The van der Waals surface area contributed by atoms with Crippen LogP contribution in [-0.4, -0.2) is 50.1 Å². The number of hydrogen-bond acceptors (Lipinski definition) is 4. The maximum atomic E-state index is 12.3. The van der Waals surface area contributed by atoms with Gasteiger partial charge in [-0.3, -0.25) is 9.59 Å². The fourth-order valence-corrected chi connectivity index (χ4v) is 3.10. The average molecular weight is 348 g/mol. The Morgan fingerprint density at radius 1 is 1.16 bits per heavy atom. The Bertz CT molecular complexity index is 595. The van der Waals surface area contributed by atoms with Crippen LogP contribution in [0.15, 0.2) is 18.2 Å². The molecule has 1 aromatic carbocycles. The van der Waals surface area contributed by atoms with Crippen molar-refractivity contribution in [2.75, 3.05) is 27.3 Å². The molecule has 6 nitrogen and oxygen atoms in total. The smallest absolute Gasteiger partial charge is 0.224 e. The third-order valence-corrected chi connectivity index (χ3v) is 4.49. The van der Waals surface area contributed by atoms with Gasteiger partial charge < -0.3 is 19.7 Å². The summed E-state index contributed by atoms with van der Waals surface area (Å²) in [5, 5.41) is 3.08. The molecule has 0 spiro atoms. The molecule has 138 valence electrons. The summed E-state index contributed by atoms with van der Waals surface area (Å²) in [4.78, 5) is 26.1. The van der Waals surface area contributed by atoms with Crippen LogP contribution in [0, 0.1) is 0 Å². The van der Waals surface area contributed by atoms with Crippen LogP contribution in [0.25, 0.3) is 0 Å². The van der Waals surface area contributed by atoms with Crippen molar-refractivity contribution in [1.82, 2.24) is 10.2 Å². The van der Waals surface area contributed by atoms with E-state index in [1.54, 1.807) is 20.3 Å². The summed E-state index contributed by atoms with van der Waals surface area (Å²) in [6.07, 6.45) is 3.41. The highest BCUT2D eigenvalue weighted by Crippen LogP contribution is 2.27. The van der Waals surface area contributed by atoms with E-state index in [1.807, 2.05) is 24.0 Å². The van der Waals surface area contributed by atoms with Crippen LogP contribution in [0.3, 0.4) is 0 Å². The van der Waals surface area contributed by atoms with Gasteiger partial charge in [0.2, 0.25) is 11.8 Å². The number of benzene rings is 1. The van der Waals surface area contributed by atoms with Crippen molar-refractivity contribution in [3.8, 4) is 11.5 Å². The number of ether oxygens (including phenoxy) is 2. The van der Waals surface area contributed by atoms with Crippen molar-refractivity contribution in [3.63, 3.8) is 0 Å². The topological polar surface area (TPSA) is 67.9 Å². The van der Waals surface area contributed by atoms with Gasteiger partial charge in [-0.1, -0.05) is 13.0 Å². The minimum Gasteiger partial charge on any atom is -0.493 e. The molecular weight excluding hydrogens is 320 g/mol. The summed E-state index contributed by atoms with van der Waals surface area (Å²) >= 11 is 0. The van der Waals surface area contributed by atoms with Crippen LogP contribution in [0.1, 0.15) is 38.2 Å². The molecule has 1 heterocycles. The highest BCUT2D eigenvalue weighted by molar-refractivity contribution is 5.79. The summed E-state index contributed by atoms with van der Waals surface area (Å²) in [5.41, 5.74) is 0.880. The van der Waals surface area contributed by atoms with Gasteiger partial charge in [0.15, 0.2) is 11.5 Å². The highest BCUT2D eigenvalue weighted by atomic mass is 16.5. The number of rotatable bonds is 7. The van der Waals surface area contributed by atoms with E-state index in [-0.39, 0.29) is 17.9 Å². The first kappa shape index (κ1) is 19.1. The number of carbonyl (C=O) groups excluding carboxylic acids is 2. The fraction of sp³-hybridized carbons (Fsp3) is 0.579. The first-order valence-corrected chi connectivity index (χ1v) is 8.85. The molecule has 0 atom stereocenters. The van der Waals surface area contributed by atoms with Gasteiger partial charge in [-0.05, 0) is 37.0 Å². The summed E-state index contributed by atoms with van der Waals surface area (Å²) in [7, 11) is 3.16. The Kier molecular flexibility index (Phi) is 7.10. The summed E-state index contributed by atoms with van der Waals surface area (Å²) < 4.78 is 10.5. The number of carbonyl (C=O) groups is 2. The number of methoxy groups -OCH3 is 2. The first-order valence-electron chi connectivity index (χ1n) is 8.85. The Morgan fingerprint density at radius 3 is 2.44 bits per heavy atom. The lowest BCUT2D eigenvalue weighted by molar-refractivity contribution is -0.132. The third-order valence-electron chi connectivity index (χ3n) is 4.49. The summed E-state index contributed by atoms with van der Waals surface area (Å²) in [6.45, 7) is 3.46. The number of amides is 2. The molecule has 0 saturated carbocycles. The van der Waals surface area contributed by atoms with Crippen molar-refractivity contribution >= 4 is 11.8 Å². The Hall–Kier alpha value is -2.24. The van der Waals surface area contributed by atoms with Gasteiger partial charge >= 0.3 is 0 Å². The monoisotopic (exact) mass is 348 g/mol. The lowest BCUT2D eigenvalue weighted by Crippen LogP contribution is -2.46. The van der Waals surface area contributed by atoms with Crippen LogP contribution in [-0.2, 0) is 16.0 Å². The molecular formula is C19H28N2O4. The Balaban J connectivity index is 1.82. The van der Waals surface area contributed by atoms with E-state index in [4.69, 9.17) is 9.47 Å². The van der Waals surface area contributed by atoms with Gasteiger partial charge in [-0.25, -0.2) is 0 Å². The Morgan fingerprint density at radius 2 is 1.84 bits per heavy atom. The molecule has 1 aliphatic rings. The molecule has 2 amide bonds. The first-order chi connectivity index (χ1) is 12.1. The zero-order chi connectivity index (χ0) is 18.2. The zero-order valence-electron chi connectivity index (χ0n) is 15.3. The molecule has 0 bridgehead atoms. The van der Waals surface area contributed by atoms with E-state index in [9.17, 15) is 9.59 Å². The quantitative estimate of drug-likeness (QED) is 0.820. The van der Waals surface area contributed by atoms with Crippen molar-refractivity contribution in [2.24, 2.45) is 0 Å². The van der Waals surface area contributed by atoms with Crippen LogP contribution in [0.5, 0.6) is 11.5 Å². The molecule has 0 radical (unpaired) electrons. The Labute approximate surface area is 149 Å². The molecule has 1 saturated heterocycles. The van der Waals surface area contributed by atoms with Gasteiger partial charge in [0, 0.05) is 25.6 Å². The predicted molar refractivity (Wildman–Crippen MR) is 95.9 cm³/mol. The van der Waals surface area contributed by atoms with Gasteiger partial charge in [0.05, 0.1) is 20.6 Å². The molecule has 0 unspecified atom stereocenters. The maximum Gasteiger partial charge on any atom is 0.224 e. The maximum absolute atomic E-state index is 12.3. The van der Waals surface area contributed by atoms with E-state index < -0.39 is 0 Å². The van der Waals surface area contributed by atoms with Gasteiger partial charge in [-0.2, -0.15) is 0 Å². The van der Waals surface area contributed by atoms with Crippen molar-refractivity contribution < 1.29 is 19.1 Å². The molecule has 1 N–H and O–H groups in total. The van der Waals surface area contributed by atoms with E-state index in [0.717, 1.165) is 37.9 Å². The van der Waals surface area contributed by atoms with Crippen molar-refractivity contribution in [1.29, 1.82) is 0 Å². The van der Waals surface area contributed by atoms with Crippen molar-refractivity contribution in [3.05, 3.63) is 23.8 Å². The zero-order valence-corrected chi connectivity index (χ0v) is 15.3. The standard InChI is InChI=1S/C19H28N2O4/c1-4-5-19(23)21-10-8-15(9-11-21)20-18(22)13-14-6-7-16(24-2)17(12-14)25-3/h6-7,12,15H,4-5,8-11,13H2,1-3H3,(H,20,22). The second kappa shape index (κ2) is 9.30. The van der Waals surface area contributed by atoms with E-state index >= 15 is 0 Å². The second-order valence-electron chi connectivity index (χ2n) is 6.34. The van der Waals surface area contributed by atoms with Gasteiger partial charge in [0.25, 0.3) is 0 Å². The fourth-order valence-electron chi connectivity index (χ4n) is 3.10. The molecule has 0 aliphatic carbocycles. The third kappa shape index (κ3) is 5.37. The molecule has 25 heavy (non-hydrogen) atoms. The second-order valence-corrected chi connectivity index (χ2v) is 6.34. The molecule has 6 heteroatoms. The molecule has 1 fully saturated rings. The van der Waals surface area contributed by atoms with Crippen LogP contribution in [0.4, 0.5) is 0 Å². The highest BCUT2D eigenvalue weighted by Gasteiger charge is 2.23. The summed E-state index contributed by atoms with van der Waals surface area (Å²) in [5.74, 6) is 1.48. The summed E-state index contributed by atoms with van der Waals surface area (Å²) in [6, 6.07) is 5.63. The minimum absolute atomic E-state index is 0.00875. The molecule has 1 aliphatic heterocycles. The van der Waals surface area contributed by atoms with E-state index in [0.29, 0.717) is 24.3 Å². The lowest BCUT2D eigenvalue weighted by atomic mass is 10.0. The lowest BCUT2D eigenvalue weighted by Gasteiger charge is -2.32. The number of likely N-dealkylation sites (tertiary alicyclic amines) is 1. The van der Waals surface area contributed by atoms with E-state index in [1.165, 1.54) is 0 Å². The minimum atomic E-state index is -0.00875. The SMILES string of the molecule is CCCC(=O)N1CCC(NC(=O)Cc2ccc(OC)c(OC)c2)CC1. The van der Waals surface area contributed by atoms with Crippen LogP contribution < -0.4 is 14.8 Å². The van der Waals surface area contributed by atoms with Crippen LogP contribution >= 0.6 is 0 Å². The molecule has 0 aromatic heterocycles. The predicted octanol–water partition coefficient (Wildman–Crippen LogP) is 2.15. The van der Waals surface area contributed by atoms with Gasteiger partial charge in [-0.15, -0.1) is 0 Å². The number of hydrogen-bond donors (Lipinski definition) is 1. The molecule has 2 rings (SSSR count). The van der Waals surface area contributed by atoms with Gasteiger partial charge in [0.1, 0.15) is 0 Å². The number of nitrogens with one attached hydrogen (secondary N) is 1.